The van der Waals surface area contributed by atoms with Gasteiger partial charge in [0.1, 0.15) is 0 Å². The molecule has 0 unspecified atom stereocenters. The number of oxazole rings is 1. The van der Waals surface area contributed by atoms with E-state index in [1.807, 2.05) is 0 Å². The smallest absolute Gasteiger partial charge is 0.266 e. The second-order valence-corrected chi connectivity index (χ2v) is 7.84. The van der Waals surface area contributed by atoms with Crippen LogP contribution in [0, 0.1) is 4.84 Å². The van der Waals surface area contributed by atoms with Crippen molar-refractivity contribution >= 4 is 39.1 Å². The van der Waals surface area contributed by atoms with E-state index in [0.717, 1.165) is 5.52 Å². The predicted octanol–water partition coefficient (Wildman–Crippen LogP) is 1.80. The topological polar surface area (TPSA) is 92.2 Å². The molecular formula is C13H14N2O4S2. The van der Waals surface area contributed by atoms with Gasteiger partial charge in [0, 0.05) is 12.1 Å². The quantitative estimate of drug-likeness (QED) is 0.839. The highest BCUT2D eigenvalue weighted by Gasteiger charge is 2.31. The molecule has 1 aliphatic heterocycles. The molecule has 21 heavy (non-hydrogen) atoms. The molecule has 2 heterocycles. The zero-order chi connectivity index (χ0) is 15.0. The highest BCUT2D eigenvalue weighted by atomic mass is 32.2. The second kappa shape index (κ2) is 5.27. The van der Waals surface area contributed by atoms with Crippen molar-refractivity contribution in [2.24, 2.45) is 0 Å². The van der Waals surface area contributed by atoms with Gasteiger partial charge >= 0.3 is 0 Å². The number of aromatic amines is 1. The number of sulfone groups is 1. The van der Waals surface area contributed by atoms with Gasteiger partial charge in [0.25, 0.3) is 10.7 Å². The normalized spacial score (nSPS) is 20.7. The van der Waals surface area contributed by atoms with Crippen LogP contribution in [-0.2, 0) is 9.84 Å². The maximum absolute atomic E-state index is 12.1. The Morgan fingerprint density at radius 3 is 3.00 bits per heavy atom. The number of nitrogens with one attached hydrogen (secondary N) is 2. The number of carbonyl (C=O) groups is 1. The Balaban J connectivity index is 1.73. The van der Waals surface area contributed by atoms with Crippen molar-refractivity contribution in [1.29, 1.82) is 0 Å². The van der Waals surface area contributed by atoms with Gasteiger partial charge in [0.15, 0.2) is 15.4 Å². The number of H-pyrrole nitrogens is 1. The summed E-state index contributed by atoms with van der Waals surface area (Å²) < 4.78 is 28.7. The van der Waals surface area contributed by atoms with Gasteiger partial charge in [-0.05, 0) is 43.3 Å². The average molecular weight is 326 g/mol. The van der Waals surface area contributed by atoms with Crippen molar-refractivity contribution < 1.29 is 17.6 Å². The number of rotatable bonds is 3. The third-order valence-corrected chi connectivity index (χ3v) is 6.10. The van der Waals surface area contributed by atoms with Gasteiger partial charge in [-0.2, -0.15) is 0 Å². The van der Waals surface area contributed by atoms with E-state index in [1.54, 1.807) is 18.2 Å². The third-order valence-electron chi connectivity index (χ3n) is 3.64. The summed E-state index contributed by atoms with van der Waals surface area (Å²) in [6.07, 6.45) is 1.27. The first-order valence-corrected chi connectivity index (χ1v) is 8.71. The SMILES string of the molecule is O=C(NC[C@@H]1CCCS1(=O)=O)c1ccc2[nH]c(=S)oc2c1. The van der Waals surface area contributed by atoms with E-state index in [-0.39, 0.29) is 23.0 Å². The molecule has 1 fully saturated rings. The summed E-state index contributed by atoms with van der Waals surface area (Å²) in [5.74, 6) is -0.107. The number of amides is 1. The Hall–Kier alpha value is -1.67. The fraction of sp³-hybridized carbons (Fsp3) is 0.385. The average Bonchev–Trinajstić information content (AvgIpc) is 2.96. The molecule has 1 aromatic heterocycles. The fourth-order valence-electron chi connectivity index (χ4n) is 2.48. The zero-order valence-corrected chi connectivity index (χ0v) is 12.7. The van der Waals surface area contributed by atoms with Crippen LogP contribution in [0.25, 0.3) is 11.1 Å². The number of hydrogen-bond acceptors (Lipinski definition) is 5. The molecule has 3 rings (SSSR count). The maximum Gasteiger partial charge on any atom is 0.266 e. The van der Waals surface area contributed by atoms with Crippen molar-refractivity contribution in [2.45, 2.75) is 18.1 Å². The van der Waals surface area contributed by atoms with Gasteiger partial charge in [0.05, 0.1) is 16.5 Å². The molecule has 0 bridgehead atoms. The summed E-state index contributed by atoms with van der Waals surface area (Å²) in [5, 5.41) is 2.20. The lowest BCUT2D eigenvalue weighted by Gasteiger charge is -2.10. The van der Waals surface area contributed by atoms with Crippen molar-refractivity contribution in [3.63, 3.8) is 0 Å². The highest BCUT2D eigenvalue weighted by Crippen LogP contribution is 2.19. The summed E-state index contributed by atoms with van der Waals surface area (Å²) in [6, 6.07) is 4.93. The molecule has 1 saturated heterocycles. The van der Waals surface area contributed by atoms with E-state index in [1.165, 1.54) is 0 Å². The summed E-state index contributed by atoms with van der Waals surface area (Å²) in [5.41, 5.74) is 1.63. The van der Waals surface area contributed by atoms with Crippen molar-refractivity contribution in [1.82, 2.24) is 10.3 Å². The Kier molecular flexibility index (Phi) is 3.58. The molecule has 0 radical (unpaired) electrons. The predicted molar refractivity (Wildman–Crippen MR) is 80.5 cm³/mol. The van der Waals surface area contributed by atoms with Crippen LogP contribution in [0.2, 0.25) is 0 Å². The van der Waals surface area contributed by atoms with Crippen molar-refractivity contribution in [3.8, 4) is 0 Å². The third kappa shape index (κ3) is 2.86. The lowest BCUT2D eigenvalue weighted by atomic mass is 10.2. The van der Waals surface area contributed by atoms with Gasteiger partial charge in [-0.1, -0.05) is 0 Å². The van der Waals surface area contributed by atoms with Crippen LogP contribution in [0.15, 0.2) is 22.6 Å². The van der Waals surface area contributed by atoms with Crippen LogP contribution in [0.4, 0.5) is 0 Å². The maximum atomic E-state index is 12.1. The van der Waals surface area contributed by atoms with E-state index in [9.17, 15) is 13.2 Å². The van der Waals surface area contributed by atoms with E-state index >= 15 is 0 Å². The van der Waals surface area contributed by atoms with Gasteiger partial charge in [-0.15, -0.1) is 0 Å². The van der Waals surface area contributed by atoms with E-state index in [0.29, 0.717) is 24.0 Å². The van der Waals surface area contributed by atoms with E-state index in [2.05, 4.69) is 10.3 Å². The van der Waals surface area contributed by atoms with Crippen LogP contribution in [0.1, 0.15) is 23.2 Å². The number of fused-ring (bicyclic) bond motifs is 1. The van der Waals surface area contributed by atoms with Crippen molar-refractivity contribution in [3.05, 3.63) is 28.6 Å². The molecule has 0 saturated carbocycles. The molecule has 1 aromatic carbocycles. The van der Waals surface area contributed by atoms with Crippen LogP contribution < -0.4 is 5.32 Å². The second-order valence-electron chi connectivity index (χ2n) is 5.07. The summed E-state index contributed by atoms with van der Waals surface area (Å²) in [7, 11) is -3.05. The van der Waals surface area contributed by atoms with Crippen LogP contribution in [0.3, 0.4) is 0 Å². The molecule has 8 heteroatoms. The Bertz CT molecular complexity index is 850. The van der Waals surface area contributed by atoms with Crippen molar-refractivity contribution in [2.75, 3.05) is 12.3 Å². The molecule has 0 aliphatic carbocycles. The molecule has 2 N–H and O–H groups in total. The van der Waals surface area contributed by atoms with Gasteiger partial charge in [-0.25, -0.2) is 8.42 Å². The molecule has 6 nitrogen and oxygen atoms in total. The first-order valence-electron chi connectivity index (χ1n) is 6.58. The number of carbonyl (C=O) groups excluding carboxylic acids is 1. The molecular weight excluding hydrogens is 312 g/mol. The highest BCUT2D eigenvalue weighted by molar-refractivity contribution is 7.92. The van der Waals surface area contributed by atoms with E-state index < -0.39 is 15.1 Å². The standard InChI is InChI=1S/C13H14N2O4S2/c16-12(14-7-9-2-1-5-21(9,17)18)8-3-4-10-11(6-8)19-13(20)15-10/h3-4,6,9H,1-2,5,7H2,(H,14,16)(H,15,20)/t9-/m0/s1. The summed E-state index contributed by atoms with van der Waals surface area (Å²) >= 11 is 4.88. The van der Waals surface area contributed by atoms with E-state index in [4.69, 9.17) is 16.6 Å². The lowest BCUT2D eigenvalue weighted by molar-refractivity contribution is 0.0953. The first kappa shape index (κ1) is 14.3. The zero-order valence-electron chi connectivity index (χ0n) is 11.1. The lowest BCUT2D eigenvalue weighted by Crippen LogP contribution is -2.34. The molecule has 2 aromatic rings. The minimum atomic E-state index is -3.05. The van der Waals surface area contributed by atoms with Gasteiger partial charge in [0.2, 0.25) is 0 Å². The van der Waals surface area contributed by atoms with Crippen LogP contribution in [0.5, 0.6) is 0 Å². The number of benzene rings is 1. The van der Waals surface area contributed by atoms with Crippen LogP contribution >= 0.6 is 12.2 Å². The minimum absolute atomic E-state index is 0.149. The fourth-order valence-corrected chi connectivity index (χ4v) is 4.45. The monoisotopic (exact) mass is 326 g/mol. The number of hydrogen-bond donors (Lipinski definition) is 2. The van der Waals surface area contributed by atoms with Crippen LogP contribution in [-0.4, -0.2) is 36.9 Å². The molecule has 1 amide bonds. The van der Waals surface area contributed by atoms with Gasteiger partial charge < -0.3 is 14.7 Å². The largest absolute Gasteiger partial charge is 0.429 e. The Labute approximate surface area is 126 Å². The minimum Gasteiger partial charge on any atom is -0.429 e. The molecule has 0 spiro atoms. The Morgan fingerprint density at radius 1 is 1.48 bits per heavy atom. The molecule has 1 atom stereocenters. The first-order chi connectivity index (χ1) is 9.95. The summed E-state index contributed by atoms with van der Waals surface area (Å²) in [4.78, 5) is 15.2. The Morgan fingerprint density at radius 2 is 2.29 bits per heavy atom. The molecule has 1 aliphatic rings. The number of aromatic nitrogens is 1. The van der Waals surface area contributed by atoms with Gasteiger partial charge in [-0.3, -0.25) is 4.79 Å². The summed E-state index contributed by atoms with van der Waals surface area (Å²) in [6.45, 7) is 0.149. The molecule has 112 valence electrons.